The first-order valence-electron chi connectivity index (χ1n) is 9.96. The number of hydrogen-bond donors (Lipinski definition) is 3. The molecule has 8 heteroatoms. The van der Waals surface area contributed by atoms with Crippen LogP contribution in [0.25, 0.3) is 0 Å². The number of hydrogen-bond acceptors (Lipinski definition) is 5. The lowest BCUT2D eigenvalue weighted by Crippen LogP contribution is -2.46. The Morgan fingerprint density at radius 1 is 0.833 bits per heavy atom. The number of halogens is 3. The molecule has 4 atom stereocenters. The Morgan fingerprint density at radius 3 is 1.70 bits per heavy atom. The van der Waals surface area contributed by atoms with Gasteiger partial charge in [-0.25, -0.2) is 8.78 Å². The molecule has 5 nitrogen and oxygen atoms in total. The summed E-state index contributed by atoms with van der Waals surface area (Å²) in [5.41, 5.74) is 1.62. The minimum atomic E-state index is -0.753. The zero-order chi connectivity index (χ0) is 20.4. The molecule has 30 heavy (non-hydrogen) atoms. The standard InChI is InChI=1S/C22H25F2NO4.ClH/c23-15-3-7-19-13(9-15)1-5-21(28-19)17(26)11-25-12-18(27)22-6-2-14-10-16(24)4-8-20(14)29-22;/h3-4,7-10,17-18,21-22,25-27H,1-2,5-6,11-12H2;1H/t17-,18?,21-,22+;/m0./s1. The van der Waals surface area contributed by atoms with Gasteiger partial charge in [-0.15, -0.1) is 12.4 Å². The van der Waals surface area contributed by atoms with Gasteiger partial charge in [0.2, 0.25) is 0 Å². The minimum absolute atomic E-state index is 0. The van der Waals surface area contributed by atoms with E-state index < -0.39 is 12.2 Å². The van der Waals surface area contributed by atoms with Crippen LogP contribution in [0.3, 0.4) is 0 Å². The average Bonchev–Trinajstić information content (AvgIpc) is 2.72. The molecule has 4 rings (SSSR count). The second-order valence-electron chi connectivity index (χ2n) is 7.69. The summed E-state index contributed by atoms with van der Waals surface area (Å²) in [4.78, 5) is 0. The smallest absolute Gasteiger partial charge is 0.126 e. The lowest BCUT2D eigenvalue weighted by Gasteiger charge is -2.31. The molecular formula is C22H26ClF2NO4. The van der Waals surface area contributed by atoms with Crippen LogP contribution in [-0.4, -0.2) is 47.7 Å². The highest BCUT2D eigenvalue weighted by Gasteiger charge is 2.29. The average molecular weight is 442 g/mol. The summed E-state index contributed by atoms with van der Waals surface area (Å²) < 4.78 is 38.2. The van der Waals surface area contributed by atoms with Crippen LogP contribution >= 0.6 is 12.4 Å². The summed E-state index contributed by atoms with van der Waals surface area (Å²) >= 11 is 0. The molecule has 2 aromatic carbocycles. The van der Waals surface area contributed by atoms with Crippen molar-refractivity contribution < 1.29 is 28.5 Å². The van der Waals surface area contributed by atoms with Gasteiger partial charge in [-0.2, -0.15) is 0 Å². The van der Waals surface area contributed by atoms with Crippen molar-refractivity contribution in [3.8, 4) is 11.5 Å². The Balaban J connectivity index is 0.00000256. The van der Waals surface area contributed by atoms with Gasteiger partial charge in [-0.3, -0.25) is 0 Å². The molecule has 0 bridgehead atoms. The van der Waals surface area contributed by atoms with Crippen molar-refractivity contribution in [1.29, 1.82) is 0 Å². The third-order valence-corrected chi connectivity index (χ3v) is 5.56. The van der Waals surface area contributed by atoms with Gasteiger partial charge in [0.1, 0.15) is 47.5 Å². The first-order valence-corrected chi connectivity index (χ1v) is 9.96. The van der Waals surface area contributed by atoms with Crippen molar-refractivity contribution >= 4 is 12.4 Å². The zero-order valence-corrected chi connectivity index (χ0v) is 17.2. The molecule has 2 aliphatic rings. The summed E-state index contributed by atoms with van der Waals surface area (Å²) in [6.45, 7) is 0.513. The van der Waals surface area contributed by atoms with E-state index in [1.165, 1.54) is 24.3 Å². The van der Waals surface area contributed by atoms with E-state index in [-0.39, 0.29) is 49.3 Å². The Hall–Kier alpha value is -1.93. The number of nitrogens with one attached hydrogen (secondary N) is 1. The number of ether oxygens (including phenoxy) is 2. The molecule has 1 unspecified atom stereocenters. The van der Waals surface area contributed by atoms with Crippen LogP contribution in [0.15, 0.2) is 36.4 Å². The molecule has 0 fully saturated rings. The fourth-order valence-corrected chi connectivity index (χ4v) is 3.94. The van der Waals surface area contributed by atoms with Gasteiger partial charge >= 0.3 is 0 Å². The molecule has 2 aromatic rings. The van der Waals surface area contributed by atoms with Crippen molar-refractivity contribution in [2.45, 2.75) is 50.1 Å². The topological polar surface area (TPSA) is 71.0 Å². The molecule has 0 aromatic heterocycles. The van der Waals surface area contributed by atoms with Crippen molar-refractivity contribution in [3.05, 3.63) is 59.2 Å². The molecule has 0 aliphatic carbocycles. The summed E-state index contributed by atoms with van der Waals surface area (Å²) in [6.07, 6.45) is 0.214. The second kappa shape index (κ2) is 9.92. The molecular weight excluding hydrogens is 416 g/mol. The first-order chi connectivity index (χ1) is 14.0. The molecule has 0 amide bonds. The second-order valence-corrected chi connectivity index (χ2v) is 7.69. The minimum Gasteiger partial charge on any atom is -0.487 e. The number of aliphatic hydroxyl groups is 2. The van der Waals surface area contributed by atoms with Gasteiger partial charge in [-0.1, -0.05) is 0 Å². The van der Waals surface area contributed by atoms with Gasteiger partial charge < -0.3 is 25.0 Å². The molecule has 0 spiro atoms. The maximum Gasteiger partial charge on any atom is 0.126 e. The van der Waals surface area contributed by atoms with E-state index in [2.05, 4.69) is 5.32 Å². The molecule has 0 saturated heterocycles. The van der Waals surface area contributed by atoms with E-state index in [4.69, 9.17) is 9.47 Å². The van der Waals surface area contributed by atoms with E-state index >= 15 is 0 Å². The summed E-state index contributed by atoms with van der Waals surface area (Å²) in [6, 6.07) is 8.79. The number of aliphatic hydroxyl groups excluding tert-OH is 2. The Labute approximate surface area is 180 Å². The molecule has 164 valence electrons. The zero-order valence-electron chi connectivity index (χ0n) is 16.4. The van der Waals surface area contributed by atoms with E-state index in [9.17, 15) is 19.0 Å². The summed E-state index contributed by atoms with van der Waals surface area (Å²) in [5.74, 6) is 0.624. The Bertz CT molecular complexity index is 800. The fourth-order valence-electron chi connectivity index (χ4n) is 3.94. The SMILES string of the molecule is Cl.OC(CNC[C@H](O)[C@@H]1CCc2cc(F)ccc2O1)[C@H]1CCc2cc(F)ccc2O1. The number of benzene rings is 2. The lowest BCUT2D eigenvalue weighted by atomic mass is 9.98. The molecule has 0 radical (unpaired) electrons. The fraction of sp³-hybridized carbons (Fsp3) is 0.455. The highest BCUT2D eigenvalue weighted by Crippen LogP contribution is 2.30. The van der Waals surface area contributed by atoms with Gasteiger partial charge in [-0.05, 0) is 73.2 Å². The normalized spacial score (nSPS) is 21.9. The molecule has 2 aliphatic heterocycles. The number of fused-ring (bicyclic) bond motifs is 2. The van der Waals surface area contributed by atoms with Gasteiger partial charge in [0.25, 0.3) is 0 Å². The van der Waals surface area contributed by atoms with E-state index in [0.717, 1.165) is 11.1 Å². The quantitative estimate of drug-likeness (QED) is 0.643. The summed E-state index contributed by atoms with van der Waals surface area (Å²) in [7, 11) is 0. The van der Waals surface area contributed by atoms with Crippen LogP contribution in [0.4, 0.5) is 8.78 Å². The molecule has 2 heterocycles. The highest BCUT2D eigenvalue weighted by atomic mass is 35.5. The van der Waals surface area contributed by atoms with E-state index in [1.54, 1.807) is 12.1 Å². The van der Waals surface area contributed by atoms with Gasteiger partial charge in [0.05, 0.1) is 0 Å². The van der Waals surface area contributed by atoms with Gasteiger partial charge in [0, 0.05) is 13.1 Å². The van der Waals surface area contributed by atoms with Crippen LogP contribution in [0.1, 0.15) is 24.0 Å². The monoisotopic (exact) mass is 441 g/mol. The van der Waals surface area contributed by atoms with E-state index in [1.807, 2.05) is 0 Å². The van der Waals surface area contributed by atoms with Crippen molar-refractivity contribution in [2.24, 2.45) is 0 Å². The van der Waals surface area contributed by atoms with Crippen molar-refractivity contribution in [1.82, 2.24) is 5.32 Å². The van der Waals surface area contributed by atoms with Crippen LogP contribution in [-0.2, 0) is 12.8 Å². The van der Waals surface area contributed by atoms with Crippen LogP contribution in [0.2, 0.25) is 0 Å². The predicted molar refractivity (Wildman–Crippen MR) is 110 cm³/mol. The van der Waals surface area contributed by atoms with Crippen LogP contribution in [0, 0.1) is 11.6 Å². The summed E-state index contributed by atoms with van der Waals surface area (Å²) in [5, 5.41) is 23.9. The predicted octanol–water partition coefficient (Wildman–Crippen LogP) is 2.79. The van der Waals surface area contributed by atoms with Gasteiger partial charge in [0.15, 0.2) is 0 Å². The van der Waals surface area contributed by atoms with E-state index in [0.29, 0.717) is 37.2 Å². The van der Waals surface area contributed by atoms with Crippen molar-refractivity contribution in [3.63, 3.8) is 0 Å². The van der Waals surface area contributed by atoms with Crippen LogP contribution in [0.5, 0.6) is 11.5 Å². The number of aryl methyl sites for hydroxylation is 2. The first kappa shape index (κ1) is 22.7. The third kappa shape index (κ3) is 5.21. The Morgan fingerprint density at radius 2 is 1.27 bits per heavy atom. The van der Waals surface area contributed by atoms with Crippen LogP contribution < -0.4 is 14.8 Å². The van der Waals surface area contributed by atoms with Crippen molar-refractivity contribution in [2.75, 3.05) is 13.1 Å². The maximum absolute atomic E-state index is 13.3. The highest BCUT2D eigenvalue weighted by molar-refractivity contribution is 5.85. The third-order valence-electron chi connectivity index (χ3n) is 5.56. The molecule has 3 N–H and O–H groups in total. The lowest BCUT2D eigenvalue weighted by molar-refractivity contribution is 0.00892. The Kier molecular flexibility index (Phi) is 7.52. The number of rotatable bonds is 6. The molecule has 0 saturated carbocycles. The largest absolute Gasteiger partial charge is 0.487 e. The maximum atomic E-state index is 13.3.